The van der Waals surface area contributed by atoms with Crippen molar-refractivity contribution in [2.24, 2.45) is 11.8 Å². The number of carbonyl (C=O) groups excluding carboxylic acids is 1. The smallest absolute Gasteiger partial charge is 0.307 e. The fourth-order valence-electron chi connectivity index (χ4n) is 3.37. The Kier molecular flexibility index (Phi) is 4.45. The summed E-state index contributed by atoms with van der Waals surface area (Å²) in [6, 6.07) is 0.277. The lowest BCUT2D eigenvalue weighted by Gasteiger charge is -2.36. The molecule has 19 heavy (non-hydrogen) atoms. The Morgan fingerprint density at radius 1 is 1.11 bits per heavy atom. The molecular weight excluding hydrogens is 244 g/mol. The van der Waals surface area contributed by atoms with Gasteiger partial charge in [0.2, 0.25) is 5.91 Å². The molecule has 2 unspecified atom stereocenters. The van der Waals surface area contributed by atoms with E-state index in [4.69, 9.17) is 0 Å². The molecule has 5 heteroatoms. The van der Waals surface area contributed by atoms with Crippen molar-refractivity contribution in [2.75, 3.05) is 27.2 Å². The van der Waals surface area contributed by atoms with Crippen molar-refractivity contribution in [3.05, 3.63) is 0 Å². The van der Waals surface area contributed by atoms with Crippen LogP contribution >= 0.6 is 0 Å². The van der Waals surface area contributed by atoms with Crippen LogP contribution in [0.2, 0.25) is 0 Å². The van der Waals surface area contributed by atoms with Gasteiger partial charge < -0.3 is 14.9 Å². The maximum Gasteiger partial charge on any atom is 0.307 e. The first-order valence-electron chi connectivity index (χ1n) is 7.18. The number of hydrogen-bond donors (Lipinski definition) is 1. The second kappa shape index (κ2) is 5.90. The Balaban J connectivity index is 1.96. The summed E-state index contributed by atoms with van der Waals surface area (Å²) in [5.41, 5.74) is 0. The van der Waals surface area contributed by atoms with E-state index in [0.29, 0.717) is 6.42 Å². The Labute approximate surface area is 114 Å². The van der Waals surface area contributed by atoms with Crippen LogP contribution in [0.15, 0.2) is 0 Å². The van der Waals surface area contributed by atoms with Gasteiger partial charge in [-0.25, -0.2) is 0 Å². The molecule has 1 amide bonds. The summed E-state index contributed by atoms with van der Waals surface area (Å²) in [5.74, 6) is -1.55. The first-order chi connectivity index (χ1) is 9.00. The zero-order chi connectivity index (χ0) is 14.0. The Morgan fingerprint density at radius 3 is 2.26 bits per heavy atom. The van der Waals surface area contributed by atoms with Crippen LogP contribution in [0.25, 0.3) is 0 Å². The van der Waals surface area contributed by atoms with E-state index in [2.05, 4.69) is 11.9 Å². The number of nitrogens with zero attached hydrogens (tertiary/aromatic N) is 2. The molecule has 0 bridgehead atoms. The van der Waals surface area contributed by atoms with Gasteiger partial charge in [0.05, 0.1) is 11.8 Å². The maximum atomic E-state index is 12.5. The van der Waals surface area contributed by atoms with Crippen molar-refractivity contribution in [2.45, 2.75) is 38.1 Å². The first-order valence-corrected chi connectivity index (χ1v) is 7.18. The number of carbonyl (C=O) groups is 2. The number of hydrogen-bond acceptors (Lipinski definition) is 3. The fraction of sp³-hybridized carbons (Fsp3) is 0.857. The van der Waals surface area contributed by atoms with Gasteiger partial charge in [-0.1, -0.05) is 6.42 Å². The molecule has 1 N–H and O–H groups in total. The van der Waals surface area contributed by atoms with E-state index in [1.807, 2.05) is 11.9 Å². The molecule has 1 aliphatic carbocycles. The van der Waals surface area contributed by atoms with Gasteiger partial charge in [-0.15, -0.1) is 0 Å². The highest BCUT2D eigenvalue weighted by atomic mass is 16.4. The molecule has 0 aromatic rings. The van der Waals surface area contributed by atoms with E-state index in [-0.39, 0.29) is 17.9 Å². The largest absolute Gasteiger partial charge is 0.481 e. The second-order valence-electron chi connectivity index (χ2n) is 5.97. The van der Waals surface area contributed by atoms with Gasteiger partial charge in [-0.3, -0.25) is 9.59 Å². The van der Waals surface area contributed by atoms with Crippen LogP contribution in [0, 0.1) is 11.8 Å². The van der Waals surface area contributed by atoms with Crippen molar-refractivity contribution < 1.29 is 14.7 Å². The highest BCUT2D eigenvalue weighted by Gasteiger charge is 2.40. The van der Waals surface area contributed by atoms with Gasteiger partial charge in [0.25, 0.3) is 0 Å². The molecule has 2 fully saturated rings. The van der Waals surface area contributed by atoms with E-state index >= 15 is 0 Å². The lowest BCUT2D eigenvalue weighted by atomic mass is 9.93. The number of rotatable bonds is 3. The van der Waals surface area contributed by atoms with Crippen LogP contribution in [0.4, 0.5) is 0 Å². The molecule has 0 radical (unpaired) electrons. The predicted octanol–water partition coefficient (Wildman–Crippen LogP) is 1.04. The summed E-state index contributed by atoms with van der Waals surface area (Å²) < 4.78 is 0. The van der Waals surface area contributed by atoms with Crippen LogP contribution in [0.3, 0.4) is 0 Å². The Hall–Kier alpha value is -1.10. The van der Waals surface area contributed by atoms with E-state index in [0.717, 1.165) is 38.8 Å². The van der Waals surface area contributed by atoms with Crippen LogP contribution in [-0.2, 0) is 9.59 Å². The van der Waals surface area contributed by atoms with E-state index in [1.165, 1.54) is 0 Å². The van der Waals surface area contributed by atoms with Gasteiger partial charge in [-0.2, -0.15) is 0 Å². The van der Waals surface area contributed by atoms with Crippen LogP contribution in [0.1, 0.15) is 32.1 Å². The maximum absolute atomic E-state index is 12.5. The molecule has 0 spiro atoms. The van der Waals surface area contributed by atoms with Gasteiger partial charge in [0, 0.05) is 13.1 Å². The topological polar surface area (TPSA) is 60.9 Å². The molecule has 2 rings (SSSR count). The molecule has 0 aromatic heterocycles. The van der Waals surface area contributed by atoms with Gasteiger partial charge in [0.15, 0.2) is 0 Å². The quantitative estimate of drug-likeness (QED) is 0.831. The minimum Gasteiger partial charge on any atom is -0.481 e. The van der Waals surface area contributed by atoms with Crippen molar-refractivity contribution in [1.29, 1.82) is 0 Å². The highest BCUT2D eigenvalue weighted by Crippen LogP contribution is 2.34. The molecule has 108 valence electrons. The molecule has 1 aliphatic heterocycles. The summed E-state index contributed by atoms with van der Waals surface area (Å²) in [7, 11) is 3.94. The van der Waals surface area contributed by atoms with Crippen molar-refractivity contribution in [1.82, 2.24) is 9.80 Å². The average molecular weight is 268 g/mol. The third-order valence-corrected chi connectivity index (χ3v) is 4.73. The lowest BCUT2D eigenvalue weighted by Crippen LogP contribution is -2.47. The number of carboxylic acid groups (broad SMARTS) is 1. The third kappa shape index (κ3) is 3.08. The van der Waals surface area contributed by atoms with Gasteiger partial charge in [-0.05, 0) is 45.8 Å². The SMILES string of the molecule is CN1CCC(N(C)C(=O)C2CCCC2C(=O)O)CC1. The first kappa shape index (κ1) is 14.3. The monoisotopic (exact) mass is 268 g/mol. The van der Waals surface area contributed by atoms with E-state index < -0.39 is 11.9 Å². The zero-order valence-electron chi connectivity index (χ0n) is 11.8. The van der Waals surface area contributed by atoms with Gasteiger partial charge in [0.1, 0.15) is 0 Å². The van der Waals surface area contributed by atoms with Gasteiger partial charge >= 0.3 is 5.97 Å². The normalized spacial score (nSPS) is 29.4. The molecule has 1 saturated heterocycles. The highest BCUT2D eigenvalue weighted by molar-refractivity contribution is 5.85. The standard InChI is InChI=1S/C14H24N2O3/c1-15-8-6-10(7-9-15)16(2)13(17)11-4-3-5-12(11)14(18)19/h10-12H,3-9H2,1-2H3,(H,18,19). The summed E-state index contributed by atoms with van der Waals surface area (Å²) in [5, 5.41) is 9.18. The average Bonchev–Trinajstić information content (AvgIpc) is 2.87. The second-order valence-corrected chi connectivity index (χ2v) is 5.97. The summed E-state index contributed by atoms with van der Waals surface area (Å²) in [6.45, 7) is 2.02. The van der Waals surface area contributed by atoms with Crippen LogP contribution < -0.4 is 0 Å². The Morgan fingerprint density at radius 2 is 1.68 bits per heavy atom. The molecule has 2 aliphatic rings. The Bertz CT molecular complexity index is 351. The fourth-order valence-corrected chi connectivity index (χ4v) is 3.37. The minimum atomic E-state index is -0.812. The third-order valence-electron chi connectivity index (χ3n) is 4.73. The molecule has 5 nitrogen and oxygen atoms in total. The van der Waals surface area contributed by atoms with Crippen molar-refractivity contribution in [3.8, 4) is 0 Å². The number of likely N-dealkylation sites (tertiary alicyclic amines) is 1. The lowest BCUT2D eigenvalue weighted by molar-refractivity contribution is -0.149. The number of aliphatic carboxylic acids is 1. The van der Waals surface area contributed by atoms with E-state index in [1.54, 1.807) is 0 Å². The molecule has 2 atom stereocenters. The minimum absolute atomic E-state index is 0.0412. The van der Waals surface area contributed by atoms with Crippen LogP contribution in [0.5, 0.6) is 0 Å². The molecule has 1 saturated carbocycles. The number of piperidine rings is 1. The molecule has 1 heterocycles. The number of amides is 1. The summed E-state index contributed by atoms with van der Waals surface area (Å²) in [4.78, 5) is 27.8. The predicted molar refractivity (Wildman–Crippen MR) is 71.8 cm³/mol. The zero-order valence-corrected chi connectivity index (χ0v) is 11.8. The number of carboxylic acids is 1. The molecule has 0 aromatic carbocycles. The summed E-state index contributed by atoms with van der Waals surface area (Å²) in [6.07, 6.45) is 4.21. The van der Waals surface area contributed by atoms with Crippen LogP contribution in [-0.4, -0.2) is 60.0 Å². The van der Waals surface area contributed by atoms with Crippen molar-refractivity contribution >= 4 is 11.9 Å². The van der Waals surface area contributed by atoms with Crippen molar-refractivity contribution in [3.63, 3.8) is 0 Å². The van der Waals surface area contributed by atoms with E-state index in [9.17, 15) is 14.7 Å². The summed E-state index contributed by atoms with van der Waals surface area (Å²) >= 11 is 0. The molecular formula is C14H24N2O3.